The molecule has 4 aromatic rings. The summed E-state index contributed by atoms with van der Waals surface area (Å²) in [7, 11) is 1.30. The van der Waals surface area contributed by atoms with Crippen molar-refractivity contribution in [2.75, 3.05) is 7.11 Å². The van der Waals surface area contributed by atoms with Gasteiger partial charge in [0.05, 0.1) is 34.3 Å². The highest BCUT2D eigenvalue weighted by Crippen LogP contribution is 2.29. The molecule has 0 fully saturated rings. The van der Waals surface area contributed by atoms with E-state index in [0.29, 0.717) is 33.5 Å². The molecule has 7 heteroatoms. The zero-order chi connectivity index (χ0) is 22.1. The van der Waals surface area contributed by atoms with Crippen LogP contribution in [-0.4, -0.2) is 23.0 Å². The van der Waals surface area contributed by atoms with Crippen molar-refractivity contribution in [2.45, 2.75) is 13.8 Å². The van der Waals surface area contributed by atoms with Crippen LogP contribution >= 0.6 is 11.6 Å². The molecule has 0 saturated carbocycles. The highest BCUT2D eigenvalue weighted by molar-refractivity contribution is 6.33. The number of nitrogens with one attached hydrogen (secondary N) is 1. The van der Waals surface area contributed by atoms with Gasteiger partial charge in [0.15, 0.2) is 0 Å². The first-order valence-electron chi connectivity index (χ1n) is 9.47. The standard InChI is InChI=1S/C24H18ClN3O3/c1-13-8-20-21(9-14(13)2)28-23(27-20)16(12-26)10-17-5-7-22(31-17)15-4-6-19(25)18(11-15)24(29)30-3/h4-11H,1-3H3,(H,27,28)/b16-10+. The number of H-pyrrole nitrogens is 1. The molecule has 0 spiro atoms. The van der Waals surface area contributed by atoms with E-state index in [-0.39, 0.29) is 5.56 Å². The molecule has 0 aliphatic rings. The summed E-state index contributed by atoms with van der Waals surface area (Å²) in [4.78, 5) is 19.6. The molecule has 2 aromatic heterocycles. The number of imidazole rings is 1. The Kier molecular flexibility index (Phi) is 5.37. The summed E-state index contributed by atoms with van der Waals surface area (Å²) < 4.78 is 10.6. The first kappa shape index (κ1) is 20.5. The van der Waals surface area contributed by atoms with Crippen molar-refractivity contribution in [1.29, 1.82) is 5.26 Å². The minimum atomic E-state index is -0.527. The van der Waals surface area contributed by atoms with Crippen LogP contribution in [0.4, 0.5) is 0 Å². The van der Waals surface area contributed by atoms with E-state index in [1.807, 2.05) is 26.0 Å². The molecule has 0 aliphatic heterocycles. The number of aromatic amines is 1. The number of carbonyl (C=O) groups is 1. The Hall–Kier alpha value is -3.82. The molecular weight excluding hydrogens is 414 g/mol. The maximum absolute atomic E-state index is 11.9. The van der Waals surface area contributed by atoms with E-state index in [1.165, 1.54) is 7.11 Å². The van der Waals surface area contributed by atoms with E-state index in [9.17, 15) is 10.1 Å². The molecule has 154 valence electrons. The van der Waals surface area contributed by atoms with E-state index in [1.54, 1.807) is 36.4 Å². The van der Waals surface area contributed by atoms with Gasteiger partial charge in [0.25, 0.3) is 0 Å². The number of carbonyl (C=O) groups excluding carboxylic acids is 1. The lowest BCUT2D eigenvalue weighted by Crippen LogP contribution is -2.02. The number of fused-ring (bicyclic) bond motifs is 1. The Morgan fingerprint density at radius 2 is 1.97 bits per heavy atom. The van der Waals surface area contributed by atoms with Gasteiger partial charge in [-0.3, -0.25) is 0 Å². The van der Waals surface area contributed by atoms with Crippen molar-refractivity contribution in [1.82, 2.24) is 9.97 Å². The molecule has 0 atom stereocenters. The number of nitriles is 1. The van der Waals surface area contributed by atoms with Crippen LogP contribution in [0, 0.1) is 25.2 Å². The lowest BCUT2D eigenvalue weighted by molar-refractivity contribution is 0.0601. The number of rotatable bonds is 4. The molecule has 4 rings (SSSR count). The van der Waals surface area contributed by atoms with E-state index in [0.717, 1.165) is 22.2 Å². The van der Waals surface area contributed by atoms with E-state index < -0.39 is 5.97 Å². The zero-order valence-corrected chi connectivity index (χ0v) is 17.9. The fourth-order valence-corrected chi connectivity index (χ4v) is 3.42. The average Bonchev–Trinajstić information content (AvgIpc) is 3.39. The Morgan fingerprint density at radius 3 is 2.71 bits per heavy atom. The van der Waals surface area contributed by atoms with Crippen molar-refractivity contribution < 1.29 is 13.9 Å². The molecule has 0 unspecified atom stereocenters. The number of nitrogens with zero attached hydrogens (tertiary/aromatic N) is 2. The molecule has 31 heavy (non-hydrogen) atoms. The summed E-state index contributed by atoms with van der Waals surface area (Å²) in [6.07, 6.45) is 1.62. The van der Waals surface area contributed by atoms with Crippen LogP contribution in [0.5, 0.6) is 0 Å². The number of furan rings is 1. The van der Waals surface area contributed by atoms with Crippen LogP contribution in [0.15, 0.2) is 46.9 Å². The number of hydrogen-bond donors (Lipinski definition) is 1. The zero-order valence-electron chi connectivity index (χ0n) is 17.1. The topological polar surface area (TPSA) is 91.9 Å². The number of allylic oxidation sites excluding steroid dienone is 1. The van der Waals surface area contributed by atoms with Crippen molar-refractivity contribution >= 4 is 40.3 Å². The first-order chi connectivity index (χ1) is 14.9. The summed E-state index contributed by atoms with van der Waals surface area (Å²) >= 11 is 6.08. The monoisotopic (exact) mass is 431 g/mol. The third-order valence-corrected chi connectivity index (χ3v) is 5.37. The molecule has 0 aliphatic carbocycles. The fraction of sp³-hybridized carbons (Fsp3) is 0.125. The van der Waals surface area contributed by atoms with Crippen LogP contribution in [0.1, 0.15) is 33.1 Å². The van der Waals surface area contributed by atoms with Crippen LogP contribution in [0.2, 0.25) is 5.02 Å². The number of halogens is 1. The highest BCUT2D eigenvalue weighted by atomic mass is 35.5. The predicted octanol–water partition coefficient (Wildman–Crippen LogP) is 5.94. The van der Waals surface area contributed by atoms with Gasteiger partial charge in [-0.1, -0.05) is 11.6 Å². The number of hydrogen-bond acceptors (Lipinski definition) is 5. The van der Waals surface area contributed by atoms with Crippen molar-refractivity contribution in [3.8, 4) is 17.4 Å². The maximum Gasteiger partial charge on any atom is 0.339 e. The second-order valence-corrected chi connectivity index (χ2v) is 7.50. The molecule has 2 heterocycles. The highest BCUT2D eigenvalue weighted by Gasteiger charge is 2.15. The first-order valence-corrected chi connectivity index (χ1v) is 9.84. The number of methoxy groups -OCH3 is 1. The molecule has 6 nitrogen and oxygen atoms in total. The van der Waals surface area contributed by atoms with E-state index in [2.05, 4.69) is 16.0 Å². The van der Waals surface area contributed by atoms with Gasteiger partial charge in [-0.25, -0.2) is 9.78 Å². The number of esters is 1. The van der Waals surface area contributed by atoms with E-state index in [4.69, 9.17) is 20.8 Å². The Balaban J connectivity index is 1.69. The third-order valence-electron chi connectivity index (χ3n) is 5.04. The van der Waals surface area contributed by atoms with Gasteiger partial charge in [-0.05, 0) is 67.4 Å². The molecule has 0 amide bonds. The van der Waals surface area contributed by atoms with Crippen molar-refractivity contribution in [2.24, 2.45) is 0 Å². The molecule has 1 N–H and O–H groups in total. The second-order valence-electron chi connectivity index (χ2n) is 7.10. The predicted molar refractivity (Wildman–Crippen MR) is 120 cm³/mol. The van der Waals surface area contributed by atoms with Crippen LogP contribution in [0.3, 0.4) is 0 Å². The second kappa shape index (κ2) is 8.13. The summed E-state index contributed by atoms with van der Waals surface area (Å²) in [6.45, 7) is 4.06. The Bertz CT molecular complexity index is 1350. The number of aryl methyl sites for hydroxylation is 2. The van der Waals surface area contributed by atoms with Gasteiger partial charge < -0.3 is 14.1 Å². The summed E-state index contributed by atoms with van der Waals surface area (Å²) in [5.74, 6) is 0.954. The largest absolute Gasteiger partial charge is 0.465 e. The number of benzene rings is 2. The number of ether oxygens (including phenoxy) is 1. The summed E-state index contributed by atoms with van der Waals surface area (Å²) in [5.41, 5.74) is 5.22. The quantitative estimate of drug-likeness (QED) is 0.318. The molecule has 0 bridgehead atoms. The molecule has 2 aromatic carbocycles. The average molecular weight is 432 g/mol. The van der Waals surface area contributed by atoms with Gasteiger partial charge in [-0.2, -0.15) is 5.26 Å². The Labute approximate surface area is 183 Å². The normalized spacial score (nSPS) is 11.5. The summed E-state index contributed by atoms with van der Waals surface area (Å²) in [5, 5.41) is 9.96. The Morgan fingerprint density at radius 1 is 1.19 bits per heavy atom. The molecule has 0 radical (unpaired) electrons. The SMILES string of the molecule is COC(=O)c1cc(-c2ccc(/C=C(\C#N)c3nc4cc(C)c(C)cc4[nH]3)o2)ccc1Cl. The van der Waals surface area contributed by atoms with Crippen molar-refractivity contribution in [3.63, 3.8) is 0 Å². The minimum Gasteiger partial charge on any atom is -0.465 e. The van der Waals surface area contributed by atoms with Crippen LogP contribution < -0.4 is 0 Å². The maximum atomic E-state index is 11.9. The molecule has 0 saturated heterocycles. The lowest BCUT2D eigenvalue weighted by atomic mass is 10.1. The van der Waals surface area contributed by atoms with Crippen LogP contribution in [0.25, 0.3) is 34.0 Å². The minimum absolute atomic E-state index is 0.251. The smallest absolute Gasteiger partial charge is 0.339 e. The van der Waals surface area contributed by atoms with Gasteiger partial charge in [0.1, 0.15) is 23.4 Å². The van der Waals surface area contributed by atoms with Crippen LogP contribution in [-0.2, 0) is 4.74 Å². The van der Waals surface area contributed by atoms with Gasteiger partial charge in [0, 0.05) is 11.6 Å². The molecular formula is C24H18ClN3O3. The van der Waals surface area contributed by atoms with Gasteiger partial charge >= 0.3 is 5.97 Å². The lowest BCUT2D eigenvalue weighted by Gasteiger charge is -2.04. The summed E-state index contributed by atoms with van der Waals surface area (Å²) in [6, 6.07) is 14.6. The van der Waals surface area contributed by atoms with Gasteiger partial charge in [0.2, 0.25) is 0 Å². The van der Waals surface area contributed by atoms with Crippen molar-refractivity contribution in [3.05, 3.63) is 75.8 Å². The number of aromatic nitrogens is 2. The van der Waals surface area contributed by atoms with Gasteiger partial charge in [-0.15, -0.1) is 0 Å². The van der Waals surface area contributed by atoms with E-state index >= 15 is 0 Å². The fourth-order valence-electron chi connectivity index (χ4n) is 3.22. The third kappa shape index (κ3) is 3.96.